The standard InChI is InChI=1S/C14H10FNO4/c15-13-9(2-1-3-16-13)8-6-10(14(17)18)12-11(7-8)19-4-5-20-12/h1-3,6-7H,4-5H2,(H,17,18). The first-order valence-electron chi connectivity index (χ1n) is 5.94. The summed E-state index contributed by atoms with van der Waals surface area (Å²) in [4.78, 5) is 14.9. The Kier molecular flexibility index (Phi) is 2.98. The van der Waals surface area contributed by atoms with Gasteiger partial charge in [0.1, 0.15) is 18.8 Å². The van der Waals surface area contributed by atoms with Gasteiger partial charge in [-0.1, -0.05) is 0 Å². The van der Waals surface area contributed by atoms with Gasteiger partial charge in [0.2, 0.25) is 5.95 Å². The van der Waals surface area contributed by atoms with Crippen molar-refractivity contribution in [1.82, 2.24) is 4.98 Å². The van der Waals surface area contributed by atoms with Crippen LogP contribution in [-0.4, -0.2) is 29.3 Å². The Hall–Kier alpha value is -2.63. The van der Waals surface area contributed by atoms with Crippen molar-refractivity contribution in [2.75, 3.05) is 13.2 Å². The van der Waals surface area contributed by atoms with Gasteiger partial charge < -0.3 is 14.6 Å². The van der Waals surface area contributed by atoms with Gasteiger partial charge in [-0.3, -0.25) is 0 Å². The summed E-state index contributed by atoms with van der Waals surface area (Å²) in [6.07, 6.45) is 1.33. The number of rotatable bonds is 2. The number of pyridine rings is 1. The van der Waals surface area contributed by atoms with Crippen molar-refractivity contribution in [1.29, 1.82) is 0 Å². The zero-order chi connectivity index (χ0) is 14.1. The molecular formula is C14H10FNO4. The van der Waals surface area contributed by atoms with Crippen molar-refractivity contribution in [3.05, 3.63) is 42.0 Å². The molecule has 0 unspecified atom stereocenters. The first kappa shape index (κ1) is 12.4. The Morgan fingerprint density at radius 2 is 2.10 bits per heavy atom. The number of aromatic nitrogens is 1. The molecule has 1 N–H and O–H groups in total. The van der Waals surface area contributed by atoms with Gasteiger partial charge in [-0.05, 0) is 29.8 Å². The van der Waals surface area contributed by atoms with Crippen LogP contribution >= 0.6 is 0 Å². The maximum atomic E-state index is 13.7. The molecule has 1 aromatic heterocycles. The maximum Gasteiger partial charge on any atom is 0.339 e. The molecular weight excluding hydrogens is 265 g/mol. The monoisotopic (exact) mass is 275 g/mol. The quantitative estimate of drug-likeness (QED) is 0.852. The number of carboxylic acids is 1. The van der Waals surface area contributed by atoms with E-state index in [1.165, 1.54) is 18.3 Å². The zero-order valence-corrected chi connectivity index (χ0v) is 10.3. The third-order valence-corrected chi connectivity index (χ3v) is 2.94. The SMILES string of the molecule is O=C(O)c1cc(-c2cccnc2F)cc2c1OCCO2. The second-order valence-electron chi connectivity index (χ2n) is 4.19. The van der Waals surface area contributed by atoms with E-state index in [1.54, 1.807) is 12.1 Å². The summed E-state index contributed by atoms with van der Waals surface area (Å²) in [6.45, 7) is 0.610. The van der Waals surface area contributed by atoms with Crippen molar-refractivity contribution < 1.29 is 23.8 Å². The Balaban J connectivity index is 2.20. The first-order valence-corrected chi connectivity index (χ1v) is 5.94. The number of hydrogen-bond acceptors (Lipinski definition) is 4. The largest absolute Gasteiger partial charge is 0.486 e. The molecule has 0 amide bonds. The van der Waals surface area contributed by atoms with Crippen LogP contribution in [0.15, 0.2) is 30.5 Å². The average Bonchev–Trinajstić information content (AvgIpc) is 2.46. The van der Waals surface area contributed by atoms with Crippen LogP contribution in [0.4, 0.5) is 4.39 Å². The summed E-state index contributed by atoms with van der Waals surface area (Å²) in [5, 5.41) is 9.24. The molecule has 0 aliphatic carbocycles. The van der Waals surface area contributed by atoms with Gasteiger partial charge in [0, 0.05) is 11.8 Å². The Morgan fingerprint density at radius 1 is 1.30 bits per heavy atom. The molecule has 0 radical (unpaired) electrons. The summed E-state index contributed by atoms with van der Waals surface area (Å²) in [6, 6.07) is 6.02. The Morgan fingerprint density at radius 3 is 2.85 bits per heavy atom. The summed E-state index contributed by atoms with van der Waals surface area (Å²) in [5.41, 5.74) is 0.546. The highest BCUT2D eigenvalue weighted by Gasteiger charge is 2.23. The second kappa shape index (κ2) is 4.80. The normalized spacial score (nSPS) is 13.1. The Bertz CT molecular complexity index is 687. The summed E-state index contributed by atoms with van der Waals surface area (Å²) in [7, 11) is 0. The highest BCUT2D eigenvalue weighted by Crippen LogP contribution is 2.38. The minimum atomic E-state index is -1.15. The van der Waals surface area contributed by atoms with E-state index < -0.39 is 11.9 Å². The maximum absolute atomic E-state index is 13.7. The molecule has 1 aromatic carbocycles. The minimum Gasteiger partial charge on any atom is -0.486 e. The van der Waals surface area contributed by atoms with Gasteiger partial charge in [0.05, 0.1) is 0 Å². The fourth-order valence-corrected chi connectivity index (χ4v) is 2.07. The summed E-state index contributed by atoms with van der Waals surface area (Å²) in [5.74, 6) is -1.34. The Labute approximate surface area is 113 Å². The number of halogens is 1. The zero-order valence-electron chi connectivity index (χ0n) is 10.3. The average molecular weight is 275 g/mol. The molecule has 20 heavy (non-hydrogen) atoms. The molecule has 0 saturated carbocycles. The van der Waals surface area contributed by atoms with Gasteiger partial charge >= 0.3 is 5.97 Å². The molecule has 102 valence electrons. The summed E-state index contributed by atoms with van der Waals surface area (Å²) >= 11 is 0. The molecule has 3 rings (SSSR count). The van der Waals surface area contributed by atoms with Crippen molar-refractivity contribution in [2.24, 2.45) is 0 Å². The van der Waals surface area contributed by atoms with Crippen molar-refractivity contribution in [2.45, 2.75) is 0 Å². The van der Waals surface area contributed by atoms with E-state index in [4.69, 9.17) is 9.47 Å². The van der Waals surface area contributed by atoms with Gasteiger partial charge in [-0.2, -0.15) is 4.39 Å². The molecule has 2 heterocycles. The lowest BCUT2D eigenvalue weighted by atomic mass is 10.0. The van der Waals surface area contributed by atoms with E-state index >= 15 is 0 Å². The molecule has 6 heteroatoms. The van der Waals surface area contributed by atoms with Gasteiger partial charge in [-0.15, -0.1) is 0 Å². The van der Waals surface area contributed by atoms with Gasteiger partial charge in [0.25, 0.3) is 0 Å². The third kappa shape index (κ3) is 2.05. The number of benzene rings is 1. The molecule has 5 nitrogen and oxygen atoms in total. The van der Waals surface area contributed by atoms with Gasteiger partial charge in [0.15, 0.2) is 11.5 Å². The topological polar surface area (TPSA) is 68.7 Å². The van der Waals surface area contributed by atoms with Crippen LogP contribution in [-0.2, 0) is 0 Å². The second-order valence-corrected chi connectivity index (χ2v) is 4.19. The summed E-state index contributed by atoms with van der Waals surface area (Å²) < 4.78 is 24.4. The molecule has 0 spiro atoms. The number of nitrogens with zero attached hydrogens (tertiary/aromatic N) is 1. The lowest BCUT2D eigenvalue weighted by molar-refractivity contribution is 0.0686. The predicted molar refractivity (Wildman–Crippen MR) is 67.6 cm³/mol. The molecule has 0 saturated heterocycles. The van der Waals surface area contributed by atoms with E-state index in [0.29, 0.717) is 17.9 Å². The van der Waals surface area contributed by atoms with E-state index in [0.717, 1.165) is 0 Å². The van der Waals surface area contributed by atoms with Crippen LogP contribution in [0.25, 0.3) is 11.1 Å². The van der Waals surface area contributed by atoms with Crippen LogP contribution in [0.5, 0.6) is 11.5 Å². The van der Waals surface area contributed by atoms with Crippen LogP contribution < -0.4 is 9.47 Å². The predicted octanol–water partition coefficient (Wildman–Crippen LogP) is 2.36. The fourth-order valence-electron chi connectivity index (χ4n) is 2.07. The molecule has 1 aliphatic heterocycles. The van der Waals surface area contributed by atoms with Crippen LogP contribution in [0.1, 0.15) is 10.4 Å². The van der Waals surface area contributed by atoms with Gasteiger partial charge in [-0.25, -0.2) is 9.78 Å². The molecule has 2 aromatic rings. The highest BCUT2D eigenvalue weighted by atomic mass is 19.1. The number of carboxylic acid groups (broad SMARTS) is 1. The van der Waals surface area contributed by atoms with Crippen molar-refractivity contribution >= 4 is 5.97 Å². The first-order chi connectivity index (χ1) is 9.66. The third-order valence-electron chi connectivity index (χ3n) is 2.94. The van der Waals surface area contributed by atoms with Crippen molar-refractivity contribution in [3.8, 4) is 22.6 Å². The van der Waals surface area contributed by atoms with Crippen molar-refractivity contribution in [3.63, 3.8) is 0 Å². The number of ether oxygens (including phenoxy) is 2. The lowest BCUT2D eigenvalue weighted by Crippen LogP contribution is -2.18. The number of hydrogen-bond donors (Lipinski definition) is 1. The minimum absolute atomic E-state index is 0.0551. The van der Waals surface area contributed by atoms with E-state index in [-0.39, 0.29) is 23.5 Å². The molecule has 0 fully saturated rings. The van der Waals surface area contributed by atoms with Crippen LogP contribution in [0.2, 0.25) is 0 Å². The fraction of sp³-hybridized carbons (Fsp3) is 0.143. The highest BCUT2D eigenvalue weighted by molar-refractivity contribution is 5.94. The van der Waals surface area contributed by atoms with E-state index in [9.17, 15) is 14.3 Å². The van der Waals surface area contributed by atoms with Crippen LogP contribution in [0.3, 0.4) is 0 Å². The van der Waals surface area contributed by atoms with E-state index in [2.05, 4.69) is 4.98 Å². The lowest BCUT2D eigenvalue weighted by Gasteiger charge is -2.21. The smallest absolute Gasteiger partial charge is 0.339 e. The number of aromatic carboxylic acids is 1. The molecule has 1 aliphatic rings. The number of carbonyl (C=O) groups is 1. The molecule has 0 atom stereocenters. The number of fused-ring (bicyclic) bond motifs is 1. The molecule has 0 bridgehead atoms. The van der Waals surface area contributed by atoms with Crippen LogP contribution in [0, 0.1) is 5.95 Å². The van der Waals surface area contributed by atoms with E-state index in [1.807, 2.05) is 0 Å².